The zero-order chi connectivity index (χ0) is 8.72. The SMILES string of the molecule is Cn1cnc2cc(I)c(Cl)cc21. The van der Waals surface area contributed by atoms with Gasteiger partial charge in [-0.05, 0) is 34.7 Å². The van der Waals surface area contributed by atoms with Gasteiger partial charge in [-0.15, -0.1) is 0 Å². The van der Waals surface area contributed by atoms with Crippen molar-refractivity contribution < 1.29 is 0 Å². The molecule has 0 unspecified atom stereocenters. The minimum Gasteiger partial charge on any atom is -0.334 e. The molecule has 1 aromatic carbocycles. The molecule has 0 aliphatic rings. The summed E-state index contributed by atoms with van der Waals surface area (Å²) in [6, 6.07) is 3.92. The Hall–Kier alpha value is -0.290. The zero-order valence-corrected chi connectivity index (χ0v) is 9.30. The molecule has 0 amide bonds. The van der Waals surface area contributed by atoms with Crippen LogP contribution in [0.5, 0.6) is 0 Å². The molecule has 4 heteroatoms. The number of hydrogen-bond donors (Lipinski definition) is 0. The maximum Gasteiger partial charge on any atom is 0.0955 e. The van der Waals surface area contributed by atoms with Gasteiger partial charge in [-0.1, -0.05) is 11.6 Å². The van der Waals surface area contributed by atoms with E-state index in [1.165, 1.54) is 0 Å². The van der Waals surface area contributed by atoms with Gasteiger partial charge in [-0.25, -0.2) is 4.98 Å². The highest BCUT2D eigenvalue weighted by Crippen LogP contribution is 2.23. The monoisotopic (exact) mass is 292 g/mol. The standard InChI is InChI=1S/C8H6ClIN2/c1-12-4-11-7-3-6(10)5(9)2-8(7)12/h2-4H,1H3. The van der Waals surface area contributed by atoms with Crippen LogP contribution in [0.4, 0.5) is 0 Å². The van der Waals surface area contributed by atoms with E-state index in [4.69, 9.17) is 11.6 Å². The first kappa shape index (κ1) is 8.31. The Morgan fingerprint density at radius 2 is 2.25 bits per heavy atom. The summed E-state index contributed by atoms with van der Waals surface area (Å²) in [7, 11) is 1.96. The van der Waals surface area contributed by atoms with E-state index in [0.29, 0.717) is 0 Å². The summed E-state index contributed by atoms with van der Waals surface area (Å²) < 4.78 is 3.00. The van der Waals surface area contributed by atoms with Gasteiger partial charge in [0.2, 0.25) is 0 Å². The molecular formula is C8H6ClIN2. The molecule has 62 valence electrons. The van der Waals surface area contributed by atoms with Crippen LogP contribution in [0.3, 0.4) is 0 Å². The molecule has 12 heavy (non-hydrogen) atoms. The molecule has 2 nitrogen and oxygen atoms in total. The van der Waals surface area contributed by atoms with Crippen molar-refractivity contribution in [1.29, 1.82) is 0 Å². The van der Waals surface area contributed by atoms with Gasteiger partial charge >= 0.3 is 0 Å². The van der Waals surface area contributed by atoms with E-state index in [1.54, 1.807) is 6.33 Å². The first-order chi connectivity index (χ1) is 5.68. The quantitative estimate of drug-likeness (QED) is 0.683. The van der Waals surface area contributed by atoms with Crippen molar-refractivity contribution in [1.82, 2.24) is 9.55 Å². The molecule has 0 saturated carbocycles. The van der Waals surface area contributed by atoms with Gasteiger partial charge in [0.15, 0.2) is 0 Å². The number of halogens is 2. The fourth-order valence-corrected chi connectivity index (χ4v) is 1.73. The lowest BCUT2D eigenvalue weighted by atomic mass is 10.3. The lowest BCUT2D eigenvalue weighted by molar-refractivity contribution is 0.947. The van der Waals surface area contributed by atoms with Crippen LogP contribution in [-0.2, 0) is 7.05 Å². The molecule has 0 fully saturated rings. The Labute approximate surface area is 88.7 Å². The van der Waals surface area contributed by atoms with E-state index in [1.807, 2.05) is 23.7 Å². The molecule has 0 bridgehead atoms. The largest absolute Gasteiger partial charge is 0.334 e. The number of aromatic nitrogens is 2. The first-order valence-corrected chi connectivity index (χ1v) is 4.90. The molecule has 0 aliphatic heterocycles. The van der Waals surface area contributed by atoms with Crippen LogP contribution in [0, 0.1) is 3.57 Å². The predicted molar refractivity (Wildman–Crippen MR) is 58.4 cm³/mol. The number of rotatable bonds is 0. The normalized spacial score (nSPS) is 10.9. The third-order valence-electron chi connectivity index (χ3n) is 1.77. The fourth-order valence-electron chi connectivity index (χ4n) is 1.12. The summed E-state index contributed by atoms with van der Waals surface area (Å²) in [6.07, 6.45) is 1.79. The Bertz CT molecular complexity index is 436. The van der Waals surface area contributed by atoms with Crippen molar-refractivity contribution in [3.8, 4) is 0 Å². The second kappa shape index (κ2) is 2.88. The number of nitrogens with zero attached hydrogens (tertiary/aromatic N) is 2. The number of hydrogen-bond acceptors (Lipinski definition) is 1. The van der Waals surface area contributed by atoms with Gasteiger partial charge in [-0.2, -0.15) is 0 Å². The minimum absolute atomic E-state index is 0.784. The molecule has 2 rings (SSSR count). The average Bonchev–Trinajstić information content (AvgIpc) is 2.35. The van der Waals surface area contributed by atoms with Crippen molar-refractivity contribution >= 4 is 45.2 Å². The molecule has 0 saturated heterocycles. The summed E-state index contributed by atoms with van der Waals surface area (Å²) in [5.74, 6) is 0. The summed E-state index contributed by atoms with van der Waals surface area (Å²) >= 11 is 8.17. The van der Waals surface area contributed by atoms with Gasteiger partial charge in [-0.3, -0.25) is 0 Å². The fraction of sp³-hybridized carbons (Fsp3) is 0.125. The zero-order valence-electron chi connectivity index (χ0n) is 6.38. The maximum atomic E-state index is 5.97. The van der Waals surface area contributed by atoms with Crippen LogP contribution in [-0.4, -0.2) is 9.55 Å². The van der Waals surface area contributed by atoms with Crippen LogP contribution >= 0.6 is 34.2 Å². The van der Waals surface area contributed by atoms with Gasteiger partial charge in [0, 0.05) is 10.6 Å². The van der Waals surface area contributed by atoms with Crippen LogP contribution in [0.1, 0.15) is 0 Å². The summed E-state index contributed by atoms with van der Waals surface area (Å²) in [5.41, 5.74) is 2.06. The van der Waals surface area contributed by atoms with E-state index in [2.05, 4.69) is 27.6 Å². The summed E-state index contributed by atoms with van der Waals surface area (Å²) in [4.78, 5) is 4.22. The molecule has 0 N–H and O–H groups in total. The average molecular weight is 293 g/mol. The summed E-state index contributed by atoms with van der Waals surface area (Å²) in [6.45, 7) is 0. The second-order valence-corrected chi connectivity index (χ2v) is 4.18. The highest BCUT2D eigenvalue weighted by Gasteiger charge is 2.03. The predicted octanol–water partition coefficient (Wildman–Crippen LogP) is 2.83. The Kier molecular flexibility index (Phi) is 2.00. The lowest BCUT2D eigenvalue weighted by Gasteiger charge is -1.97. The molecule has 2 aromatic rings. The molecule has 0 atom stereocenters. The topological polar surface area (TPSA) is 17.8 Å². The van der Waals surface area contributed by atoms with Crippen LogP contribution in [0.15, 0.2) is 18.5 Å². The molecular weight excluding hydrogens is 286 g/mol. The van der Waals surface area contributed by atoms with Crippen molar-refractivity contribution in [2.24, 2.45) is 7.05 Å². The number of benzene rings is 1. The van der Waals surface area contributed by atoms with Crippen LogP contribution in [0.2, 0.25) is 5.02 Å². The van der Waals surface area contributed by atoms with E-state index in [0.717, 1.165) is 19.6 Å². The van der Waals surface area contributed by atoms with Crippen molar-refractivity contribution in [3.05, 3.63) is 27.1 Å². The second-order valence-electron chi connectivity index (χ2n) is 2.61. The van der Waals surface area contributed by atoms with Gasteiger partial charge in [0.25, 0.3) is 0 Å². The maximum absolute atomic E-state index is 5.97. The highest BCUT2D eigenvalue weighted by molar-refractivity contribution is 14.1. The smallest absolute Gasteiger partial charge is 0.0955 e. The third kappa shape index (κ3) is 1.21. The van der Waals surface area contributed by atoms with Crippen LogP contribution < -0.4 is 0 Å². The van der Waals surface area contributed by atoms with Crippen molar-refractivity contribution in [3.63, 3.8) is 0 Å². The number of fused-ring (bicyclic) bond motifs is 1. The number of imidazole rings is 1. The Balaban J connectivity index is 2.87. The van der Waals surface area contributed by atoms with E-state index >= 15 is 0 Å². The third-order valence-corrected chi connectivity index (χ3v) is 3.29. The van der Waals surface area contributed by atoms with Gasteiger partial charge in [0.05, 0.1) is 22.4 Å². The molecule has 1 aromatic heterocycles. The van der Waals surface area contributed by atoms with E-state index in [9.17, 15) is 0 Å². The van der Waals surface area contributed by atoms with E-state index in [-0.39, 0.29) is 0 Å². The Morgan fingerprint density at radius 1 is 1.50 bits per heavy atom. The first-order valence-electron chi connectivity index (χ1n) is 3.44. The molecule has 0 aliphatic carbocycles. The number of aryl methyl sites for hydroxylation is 1. The molecule has 0 radical (unpaired) electrons. The van der Waals surface area contributed by atoms with Crippen molar-refractivity contribution in [2.45, 2.75) is 0 Å². The lowest BCUT2D eigenvalue weighted by Crippen LogP contribution is -1.84. The summed E-state index contributed by atoms with van der Waals surface area (Å²) in [5, 5.41) is 0.784. The van der Waals surface area contributed by atoms with Gasteiger partial charge in [0.1, 0.15) is 0 Å². The van der Waals surface area contributed by atoms with Crippen molar-refractivity contribution in [2.75, 3.05) is 0 Å². The Morgan fingerprint density at radius 3 is 3.00 bits per heavy atom. The molecule has 1 heterocycles. The van der Waals surface area contributed by atoms with Gasteiger partial charge < -0.3 is 4.57 Å². The minimum atomic E-state index is 0.784. The van der Waals surface area contributed by atoms with Crippen LogP contribution in [0.25, 0.3) is 11.0 Å². The van der Waals surface area contributed by atoms with E-state index < -0.39 is 0 Å². The molecule has 0 spiro atoms. The highest BCUT2D eigenvalue weighted by atomic mass is 127.